The van der Waals surface area contributed by atoms with Crippen LogP contribution in [0, 0.1) is 5.92 Å². The molecular formula is C20H30N2O2S. The summed E-state index contributed by atoms with van der Waals surface area (Å²) in [5.41, 5.74) is 1.14. The molecule has 1 saturated carbocycles. The standard InChI is InChI=1S/C20H30N2O2S/c1-2-17-10-15-25-19(17)20(24)22-13-11-21(12-14-22)18(23)9-8-16-6-4-3-5-7-16/h10,15-16H,2-9,11-14H2,1H3. The van der Waals surface area contributed by atoms with Crippen molar-refractivity contribution in [1.29, 1.82) is 0 Å². The molecule has 2 fully saturated rings. The van der Waals surface area contributed by atoms with Crippen LogP contribution < -0.4 is 0 Å². The van der Waals surface area contributed by atoms with Crippen molar-refractivity contribution < 1.29 is 9.59 Å². The number of carbonyl (C=O) groups excluding carboxylic acids is 2. The highest BCUT2D eigenvalue weighted by atomic mass is 32.1. The summed E-state index contributed by atoms with van der Waals surface area (Å²) in [4.78, 5) is 29.9. The topological polar surface area (TPSA) is 40.6 Å². The first-order chi connectivity index (χ1) is 12.2. The maximum absolute atomic E-state index is 12.7. The third kappa shape index (κ3) is 4.63. The average molecular weight is 363 g/mol. The molecule has 2 heterocycles. The molecule has 25 heavy (non-hydrogen) atoms. The molecule has 138 valence electrons. The fourth-order valence-electron chi connectivity index (χ4n) is 4.07. The zero-order valence-corrected chi connectivity index (χ0v) is 16.2. The summed E-state index contributed by atoms with van der Waals surface area (Å²) in [5.74, 6) is 1.18. The van der Waals surface area contributed by atoms with Gasteiger partial charge in [0.2, 0.25) is 5.91 Å². The maximum Gasteiger partial charge on any atom is 0.264 e. The molecule has 3 rings (SSSR count). The number of piperazine rings is 1. The predicted octanol–water partition coefficient (Wildman–Crippen LogP) is 3.96. The summed E-state index contributed by atoms with van der Waals surface area (Å²) in [6, 6.07) is 2.04. The maximum atomic E-state index is 12.7. The smallest absolute Gasteiger partial charge is 0.264 e. The zero-order valence-electron chi connectivity index (χ0n) is 15.3. The highest BCUT2D eigenvalue weighted by Crippen LogP contribution is 2.27. The molecule has 0 spiro atoms. The number of thiophene rings is 1. The molecule has 0 bridgehead atoms. The van der Waals surface area contributed by atoms with Gasteiger partial charge < -0.3 is 9.80 Å². The highest BCUT2D eigenvalue weighted by molar-refractivity contribution is 7.12. The molecular weight excluding hydrogens is 332 g/mol. The first-order valence-electron chi connectivity index (χ1n) is 9.82. The molecule has 2 amide bonds. The minimum absolute atomic E-state index is 0.140. The number of aryl methyl sites for hydroxylation is 1. The van der Waals surface area contributed by atoms with E-state index in [1.165, 1.54) is 43.4 Å². The minimum Gasteiger partial charge on any atom is -0.339 e. The van der Waals surface area contributed by atoms with Gasteiger partial charge in [0.15, 0.2) is 0 Å². The van der Waals surface area contributed by atoms with Gasteiger partial charge in [-0.05, 0) is 35.8 Å². The number of carbonyl (C=O) groups is 2. The van der Waals surface area contributed by atoms with Gasteiger partial charge in [-0.25, -0.2) is 0 Å². The third-order valence-electron chi connectivity index (χ3n) is 5.73. The van der Waals surface area contributed by atoms with Crippen LogP contribution in [0.3, 0.4) is 0 Å². The molecule has 0 radical (unpaired) electrons. The van der Waals surface area contributed by atoms with Gasteiger partial charge >= 0.3 is 0 Å². The van der Waals surface area contributed by atoms with E-state index in [0.717, 1.165) is 29.2 Å². The molecule has 2 aliphatic rings. The lowest BCUT2D eigenvalue weighted by Crippen LogP contribution is -2.50. The number of amides is 2. The Morgan fingerprint density at radius 3 is 2.44 bits per heavy atom. The number of nitrogens with zero attached hydrogens (tertiary/aromatic N) is 2. The molecule has 0 unspecified atom stereocenters. The summed E-state index contributed by atoms with van der Waals surface area (Å²) in [7, 11) is 0. The molecule has 0 aromatic carbocycles. The summed E-state index contributed by atoms with van der Waals surface area (Å²) >= 11 is 1.54. The molecule has 1 aromatic heterocycles. The lowest BCUT2D eigenvalue weighted by atomic mass is 9.86. The molecule has 4 nitrogen and oxygen atoms in total. The van der Waals surface area contributed by atoms with E-state index in [4.69, 9.17) is 0 Å². The van der Waals surface area contributed by atoms with Gasteiger partial charge in [0, 0.05) is 32.6 Å². The van der Waals surface area contributed by atoms with Gasteiger partial charge in [0.05, 0.1) is 4.88 Å². The van der Waals surface area contributed by atoms with Gasteiger partial charge in [-0.2, -0.15) is 0 Å². The van der Waals surface area contributed by atoms with E-state index in [-0.39, 0.29) is 11.8 Å². The summed E-state index contributed by atoms with van der Waals surface area (Å²) < 4.78 is 0. The van der Waals surface area contributed by atoms with Gasteiger partial charge in [0.25, 0.3) is 5.91 Å². The Bertz CT molecular complexity index is 584. The van der Waals surface area contributed by atoms with Crippen LogP contribution in [0.2, 0.25) is 0 Å². The van der Waals surface area contributed by atoms with Crippen molar-refractivity contribution >= 4 is 23.2 Å². The Labute approximate surface area is 155 Å². The second-order valence-corrected chi connectivity index (χ2v) is 8.26. The van der Waals surface area contributed by atoms with E-state index >= 15 is 0 Å². The Morgan fingerprint density at radius 1 is 1.08 bits per heavy atom. The Kier molecular flexibility index (Phi) is 6.51. The van der Waals surface area contributed by atoms with Crippen LogP contribution in [-0.2, 0) is 11.2 Å². The van der Waals surface area contributed by atoms with Crippen molar-refractivity contribution in [1.82, 2.24) is 9.80 Å². The van der Waals surface area contributed by atoms with E-state index in [1.807, 2.05) is 21.2 Å². The normalized spacial score (nSPS) is 19.2. The van der Waals surface area contributed by atoms with Crippen LogP contribution in [0.15, 0.2) is 11.4 Å². The lowest BCUT2D eigenvalue weighted by molar-refractivity contribution is -0.133. The van der Waals surface area contributed by atoms with Gasteiger partial charge in [-0.3, -0.25) is 9.59 Å². The van der Waals surface area contributed by atoms with Crippen molar-refractivity contribution in [2.45, 2.75) is 58.3 Å². The van der Waals surface area contributed by atoms with Crippen molar-refractivity contribution in [3.8, 4) is 0 Å². The first-order valence-corrected chi connectivity index (χ1v) is 10.7. The fraction of sp³-hybridized carbons (Fsp3) is 0.700. The molecule has 1 saturated heterocycles. The van der Waals surface area contributed by atoms with Crippen LogP contribution in [0.1, 0.15) is 67.1 Å². The Hall–Kier alpha value is -1.36. The van der Waals surface area contributed by atoms with E-state index < -0.39 is 0 Å². The zero-order chi connectivity index (χ0) is 17.6. The van der Waals surface area contributed by atoms with E-state index in [0.29, 0.717) is 32.6 Å². The second-order valence-electron chi connectivity index (χ2n) is 7.34. The first kappa shape index (κ1) is 18.4. The van der Waals surface area contributed by atoms with Crippen molar-refractivity contribution in [3.05, 3.63) is 21.9 Å². The van der Waals surface area contributed by atoms with Crippen LogP contribution in [0.25, 0.3) is 0 Å². The van der Waals surface area contributed by atoms with Crippen LogP contribution >= 0.6 is 11.3 Å². The molecule has 1 aliphatic heterocycles. The van der Waals surface area contributed by atoms with Gasteiger partial charge in [-0.1, -0.05) is 39.0 Å². The fourth-order valence-corrected chi connectivity index (χ4v) is 5.03. The van der Waals surface area contributed by atoms with Crippen LogP contribution in [0.5, 0.6) is 0 Å². The quantitative estimate of drug-likeness (QED) is 0.795. The molecule has 1 aromatic rings. The SMILES string of the molecule is CCc1ccsc1C(=O)N1CCN(C(=O)CCC2CCCCC2)CC1. The van der Waals surface area contributed by atoms with E-state index in [2.05, 4.69) is 6.92 Å². The Morgan fingerprint density at radius 2 is 1.76 bits per heavy atom. The lowest BCUT2D eigenvalue weighted by Gasteiger charge is -2.35. The minimum atomic E-state index is 0.140. The molecule has 0 atom stereocenters. The third-order valence-corrected chi connectivity index (χ3v) is 6.68. The number of hydrogen-bond acceptors (Lipinski definition) is 3. The number of rotatable bonds is 5. The second kappa shape index (κ2) is 8.84. The van der Waals surface area contributed by atoms with Crippen molar-refractivity contribution in [2.24, 2.45) is 5.92 Å². The van der Waals surface area contributed by atoms with Crippen molar-refractivity contribution in [3.63, 3.8) is 0 Å². The predicted molar refractivity (Wildman–Crippen MR) is 102 cm³/mol. The number of hydrogen-bond donors (Lipinski definition) is 0. The summed E-state index contributed by atoms with van der Waals surface area (Å²) in [6.45, 7) is 4.77. The molecule has 0 N–H and O–H groups in total. The summed E-state index contributed by atoms with van der Waals surface area (Å²) in [6.07, 6.45) is 9.27. The Balaban J connectivity index is 1.44. The molecule has 5 heteroatoms. The average Bonchev–Trinajstić information content (AvgIpc) is 3.15. The highest BCUT2D eigenvalue weighted by Gasteiger charge is 2.26. The van der Waals surface area contributed by atoms with E-state index in [1.54, 1.807) is 0 Å². The van der Waals surface area contributed by atoms with Gasteiger partial charge in [0.1, 0.15) is 0 Å². The van der Waals surface area contributed by atoms with E-state index in [9.17, 15) is 9.59 Å². The largest absolute Gasteiger partial charge is 0.339 e. The van der Waals surface area contributed by atoms with Crippen molar-refractivity contribution in [2.75, 3.05) is 26.2 Å². The summed E-state index contributed by atoms with van der Waals surface area (Å²) in [5, 5.41) is 2.00. The van der Waals surface area contributed by atoms with Crippen LogP contribution in [-0.4, -0.2) is 47.8 Å². The van der Waals surface area contributed by atoms with Crippen LogP contribution in [0.4, 0.5) is 0 Å². The molecule has 1 aliphatic carbocycles. The van der Waals surface area contributed by atoms with Gasteiger partial charge in [-0.15, -0.1) is 11.3 Å². The monoisotopic (exact) mass is 362 g/mol.